The number of benzene rings is 1. The fourth-order valence-electron chi connectivity index (χ4n) is 1.28. The van der Waals surface area contributed by atoms with Crippen molar-refractivity contribution in [3.63, 3.8) is 0 Å². The van der Waals surface area contributed by atoms with Gasteiger partial charge in [-0.1, -0.05) is 27.5 Å². The van der Waals surface area contributed by atoms with Gasteiger partial charge in [0.05, 0.1) is 9.95 Å². The van der Waals surface area contributed by atoms with E-state index in [9.17, 15) is 10.1 Å². The Kier molecular flexibility index (Phi) is 3.82. The molecule has 0 aliphatic heterocycles. The molecule has 1 aromatic heterocycles. The van der Waals surface area contributed by atoms with Crippen LogP contribution in [0.2, 0.25) is 5.02 Å². The number of nitrogen functional groups attached to an aromatic ring is 1. The lowest BCUT2D eigenvalue weighted by atomic mass is 10.3. The molecule has 0 unspecified atom stereocenters. The van der Waals surface area contributed by atoms with E-state index < -0.39 is 10.6 Å². The topological polar surface area (TPSA) is 104 Å². The summed E-state index contributed by atoms with van der Waals surface area (Å²) in [5.74, 6) is -0.323. The molecule has 0 bridgehead atoms. The lowest BCUT2D eigenvalue weighted by molar-refractivity contribution is -0.385. The summed E-state index contributed by atoms with van der Waals surface area (Å²) in [4.78, 5) is 17.4. The van der Waals surface area contributed by atoms with E-state index in [1.165, 1.54) is 0 Å². The first-order valence-electron chi connectivity index (χ1n) is 4.87. The summed E-state index contributed by atoms with van der Waals surface area (Å²) in [5.41, 5.74) is 4.93. The van der Waals surface area contributed by atoms with Gasteiger partial charge in [-0.25, -0.2) is 4.98 Å². The second-order valence-corrected chi connectivity index (χ2v) is 4.67. The maximum atomic E-state index is 10.9. The number of halogens is 2. The SMILES string of the molecule is Nc1ncnc(Oc2cc(Br)ccc2Cl)c1[N+](=O)[O-]. The Labute approximate surface area is 120 Å². The van der Waals surface area contributed by atoms with E-state index in [0.29, 0.717) is 4.47 Å². The third-order valence-electron chi connectivity index (χ3n) is 2.10. The first-order chi connectivity index (χ1) is 8.99. The molecule has 0 atom stereocenters. The fourth-order valence-corrected chi connectivity index (χ4v) is 1.78. The number of nitrogens with two attached hydrogens (primary N) is 1. The Morgan fingerprint density at radius 3 is 2.84 bits per heavy atom. The van der Waals surface area contributed by atoms with Gasteiger partial charge in [-0.05, 0) is 18.2 Å². The summed E-state index contributed by atoms with van der Waals surface area (Å²) >= 11 is 9.17. The van der Waals surface area contributed by atoms with Crippen LogP contribution in [0, 0.1) is 10.1 Å². The zero-order valence-electron chi connectivity index (χ0n) is 9.21. The van der Waals surface area contributed by atoms with Crippen molar-refractivity contribution in [3.05, 3.63) is 44.1 Å². The van der Waals surface area contributed by atoms with Crippen molar-refractivity contribution in [1.29, 1.82) is 0 Å². The first kappa shape index (κ1) is 13.5. The van der Waals surface area contributed by atoms with E-state index in [-0.39, 0.29) is 22.5 Å². The minimum atomic E-state index is -0.712. The van der Waals surface area contributed by atoms with Crippen molar-refractivity contribution in [2.45, 2.75) is 0 Å². The minimum Gasteiger partial charge on any atom is -0.432 e. The summed E-state index contributed by atoms with van der Waals surface area (Å²) < 4.78 is 6.03. The zero-order valence-corrected chi connectivity index (χ0v) is 11.6. The van der Waals surface area contributed by atoms with E-state index in [0.717, 1.165) is 6.33 Å². The molecule has 0 saturated heterocycles. The normalized spacial score (nSPS) is 10.2. The van der Waals surface area contributed by atoms with Crippen molar-refractivity contribution in [2.75, 3.05) is 5.73 Å². The fraction of sp³-hybridized carbons (Fsp3) is 0. The largest absolute Gasteiger partial charge is 0.432 e. The Hall–Kier alpha value is -1.93. The highest BCUT2D eigenvalue weighted by atomic mass is 79.9. The molecule has 9 heteroatoms. The number of rotatable bonds is 3. The van der Waals surface area contributed by atoms with Crippen LogP contribution in [-0.4, -0.2) is 14.9 Å². The Balaban J connectivity index is 2.46. The highest BCUT2D eigenvalue weighted by Crippen LogP contribution is 2.36. The number of aromatic nitrogens is 2. The van der Waals surface area contributed by atoms with Crippen LogP contribution in [0.15, 0.2) is 29.0 Å². The van der Waals surface area contributed by atoms with Crippen molar-refractivity contribution >= 4 is 39.0 Å². The summed E-state index contributed by atoms with van der Waals surface area (Å²) in [6.07, 6.45) is 1.07. The average molecular weight is 346 g/mol. The molecule has 1 heterocycles. The van der Waals surface area contributed by atoms with Crippen LogP contribution in [0.3, 0.4) is 0 Å². The van der Waals surface area contributed by atoms with E-state index in [1.54, 1.807) is 18.2 Å². The monoisotopic (exact) mass is 344 g/mol. The quantitative estimate of drug-likeness (QED) is 0.676. The molecule has 19 heavy (non-hydrogen) atoms. The van der Waals surface area contributed by atoms with Gasteiger partial charge >= 0.3 is 11.6 Å². The summed E-state index contributed by atoms with van der Waals surface area (Å²) in [6.45, 7) is 0. The van der Waals surface area contributed by atoms with Gasteiger partial charge in [0, 0.05) is 4.47 Å². The molecule has 0 spiro atoms. The highest BCUT2D eigenvalue weighted by Gasteiger charge is 2.23. The van der Waals surface area contributed by atoms with E-state index >= 15 is 0 Å². The molecule has 1 aromatic carbocycles. The molecule has 7 nitrogen and oxygen atoms in total. The number of ether oxygens (including phenoxy) is 1. The third kappa shape index (κ3) is 2.91. The summed E-state index contributed by atoms with van der Waals surface area (Å²) in [7, 11) is 0. The maximum absolute atomic E-state index is 10.9. The van der Waals surface area contributed by atoms with Gasteiger partial charge in [-0.15, -0.1) is 0 Å². The minimum absolute atomic E-state index is 0.220. The summed E-state index contributed by atoms with van der Waals surface area (Å²) in [5, 5.41) is 11.2. The zero-order chi connectivity index (χ0) is 14.0. The van der Waals surface area contributed by atoms with Crippen LogP contribution < -0.4 is 10.5 Å². The van der Waals surface area contributed by atoms with Crippen molar-refractivity contribution in [2.24, 2.45) is 0 Å². The van der Waals surface area contributed by atoms with Gasteiger partial charge in [-0.3, -0.25) is 10.1 Å². The lowest BCUT2D eigenvalue weighted by Gasteiger charge is -2.07. The second kappa shape index (κ2) is 5.37. The Morgan fingerprint density at radius 2 is 2.16 bits per heavy atom. The number of nitrogens with zero attached hydrogens (tertiary/aromatic N) is 3. The summed E-state index contributed by atoms with van der Waals surface area (Å²) in [6, 6.07) is 4.85. The van der Waals surface area contributed by atoms with E-state index in [1.807, 2.05) is 0 Å². The van der Waals surface area contributed by atoms with E-state index in [4.69, 9.17) is 22.1 Å². The van der Waals surface area contributed by atoms with Crippen LogP contribution in [0.5, 0.6) is 11.6 Å². The third-order valence-corrected chi connectivity index (χ3v) is 2.90. The van der Waals surface area contributed by atoms with Crippen LogP contribution in [0.25, 0.3) is 0 Å². The smallest absolute Gasteiger partial charge is 0.372 e. The maximum Gasteiger partial charge on any atom is 0.372 e. The van der Waals surface area contributed by atoms with Gasteiger partial charge in [0.25, 0.3) is 0 Å². The first-order valence-corrected chi connectivity index (χ1v) is 6.04. The number of nitro groups is 1. The molecule has 0 radical (unpaired) electrons. The van der Waals surface area contributed by atoms with Crippen molar-refractivity contribution in [1.82, 2.24) is 9.97 Å². The van der Waals surface area contributed by atoms with E-state index in [2.05, 4.69) is 25.9 Å². The molecule has 2 N–H and O–H groups in total. The number of hydrogen-bond donors (Lipinski definition) is 1. The molecule has 98 valence electrons. The predicted octanol–water partition coefficient (Wildman–Crippen LogP) is 3.18. The second-order valence-electron chi connectivity index (χ2n) is 3.35. The Morgan fingerprint density at radius 1 is 1.42 bits per heavy atom. The van der Waals surface area contributed by atoms with Gasteiger partial charge in [0.2, 0.25) is 5.82 Å². The number of hydrogen-bond acceptors (Lipinski definition) is 6. The molecular formula is C10H6BrClN4O3. The molecule has 0 aliphatic rings. The molecule has 2 aromatic rings. The lowest BCUT2D eigenvalue weighted by Crippen LogP contribution is -2.02. The highest BCUT2D eigenvalue weighted by molar-refractivity contribution is 9.10. The molecule has 0 amide bonds. The predicted molar refractivity (Wildman–Crippen MR) is 72.3 cm³/mol. The Bertz CT molecular complexity index is 653. The average Bonchev–Trinajstić information content (AvgIpc) is 2.33. The molecule has 2 rings (SSSR count). The van der Waals surface area contributed by atoms with Crippen LogP contribution in [0.4, 0.5) is 11.5 Å². The standard InChI is InChI=1S/C10H6BrClN4O3/c11-5-1-2-6(12)7(3-5)19-10-8(16(17)18)9(13)14-4-15-10/h1-4H,(H2,13,14,15). The van der Waals surface area contributed by atoms with Crippen LogP contribution >= 0.6 is 27.5 Å². The van der Waals surface area contributed by atoms with Crippen molar-refractivity contribution in [3.8, 4) is 11.6 Å². The number of anilines is 1. The van der Waals surface area contributed by atoms with Gasteiger partial charge in [0.15, 0.2) is 0 Å². The van der Waals surface area contributed by atoms with Gasteiger partial charge in [0.1, 0.15) is 12.1 Å². The molecular weight excluding hydrogens is 339 g/mol. The van der Waals surface area contributed by atoms with Gasteiger partial charge in [-0.2, -0.15) is 4.98 Å². The van der Waals surface area contributed by atoms with Crippen molar-refractivity contribution < 1.29 is 9.66 Å². The molecule has 0 saturated carbocycles. The van der Waals surface area contributed by atoms with Crippen LogP contribution in [0.1, 0.15) is 0 Å². The van der Waals surface area contributed by atoms with Crippen LogP contribution in [-0.2, 0) is 0 Å². The molecule has 0 fully saturated rings. The van der Waals surface area contributed by atoms with Gasteiger partial charge < -0.3 is 10.5 Å². The molecule has 0 aliphatic carbocycles.